The normalized spacial score (nSPS) is 15.2. The van der Waals surface area contributed by atoms with E-state index in [1.54, 1.807) is 0 Å². The van der Waals surface area contributed by atoms with E-state index in [2.05, 4.69) is 10.6 Å². The molecule has 19 heavy (non-hydrogen) atoms. The predicted molar refractivity (Wildman–Crippen MR) is 72.5 cm³/mol. The van der Waals surface area contributed by atoms with E-state index in [0.29, 0.717) is 0 Å². The van der Waals surface area contributed by atoms with Crippen molar-refractivity contribution in [3.8, 4) is 0 Å². The molecular weight excluding hydrogens is 270 g/mol. The summed E-state index contributed by atoms with van der Waals surface area (Å²) < 4.78 is 0. The third kappa shape index (κ3) is 3.57. The molecule has 1 aromatic carbocycles. The average Bonchev–Trinajstić information content (AvgIpc) is 2.83. The number of hydrogen-bond acceptors (Lipinski definition) is 3. The van der Waals surface area contributed by atoms with Crippen molar-refractivity contribution in [2.45, 2.75) is 31.7 Å². The molecule has 2 N–H and O–H groups in total. The summed E-state index contributed by atoms with van der Waals surface area (Å²) >= 11 is 5.70. The second kappa shape index (κ2) is 5.88. The third-order valence-electron chi connectivity index (χ3n) is 3.10. The SMILES string of the molecule is O=C(Nc1ccc(Cl)cc1[N+](=O)[O-])NC1CCCC1. The van der Waals surface area contributed by atoms with E-state index in [1.807, 2.05) is 0 Å². The molecule has 1 aliphatic rings. The van der Waals surface area contributed by atoms with Gasteiger partial charge in [-0.1, -0.05) is 24.4 Å². The van der Waals surface area contributed by atoms with Gasteiger partial charge in [0.2, 0.25) is 0 Å². The monoisotopic (exact) mass is 283 g/mol. The maximum atomic E-state index is 11.8. The quantitative estimate of drug-likeness (QED) is 0.659. The molecule has 0 saturated heterocycles. The van der Waals surface area contributed by atoms with E-state index in [9.17, 15) is 14.9 Å². The Labute approximate surface area is 115 Å². The molecule has 0 radical (unpaired) electrons. The maximum absolute atomic E-state index is 11.8. The highest BCUT2D eigenvalue weighted by molar-refractivity contribution is 6.31. The van der Waals surface area contributed by atoms with Crippen molar-refractivity contribution in [1.29, 1.82) is 0 Å². The Balaban J connectivity index is 2.05. The zero-order valence-electron chi connectivity index (χ0n) is 10.2. The summed E-state index contributed by atoms with van der Waals surface area (Å²) in [6, 6.07) is 3.88. The number of nitrogens with zero attached hydrogens (tertiary/aromatic N) is 1. The van der Waals surface area contributed by atoms with E-state index in [1.165, 1.54) is 18.2 Å². The molecule has 0 aliphatic heterocycles. The van der Waals surface area contributed by atoms with Crippen molar-refractivity contribution in [3.05, 3.63) is 33.3 Å². The molecule has 6 nitrogen and oxygen atoms in total. The summed E-state index contributed by atoms with van der Waals surface area (Å²) in [6.45, 7) is 0. The Morgan fingerprint density at radius 3 is 2.68 bits per heavy atom. The van der Waals surface area contributed by atoms with Crippen LogP contribution in [-0.4, -0.2) is 17.0 Å². The molecule has 102 valence electrons. The van der Waals surface area contributed by atoms with Gasteiger partial charge in [-0.05, 0) is 25.0 Å². The number of benzene rings is 1. The van der Waals surface area contributed by atoms with Crippen LogP contribution in [0.5, 0.6) is 0 Å². The van der Waals surface area contributed by atoms with Crippen LogP contribution in [0.2, 0.25) is 5.02 Å². The highest BCUT2D eigenvalue weighted by Crippen LogP contribution is 2.27. The first-order valence-electron chi connectivity index (χ1n) is 6.08. The summed E-state index contributed by atoms with van der Waals surface area (Å²) in [6.07, 6.45) is 4.12. The molecule has 0 aromatic heterocycles. The van der Waals surface area contributed by atoms with Gasteiger partial charge in [0.1, 0.15) is 5.69 Å². The van der Waals surface area contributed by atoms with Gasteiger partial charge in [0, 0.05) is 17.1 Å². The van der Waals surface area contributed by atoms with Gasteiger partial charge in [-0.25, -0.2) is 4.79 Å². The molecule has 0 bridgehead atoms. The number of anilines is 1. The fourth-order valence-corrected chi connectivity index (χ4v) is 2.34. The first kappa shape index (κ1) is 13.6. The zero-order valence-corrected chi connectivity index (χ0v) is 10.9. The number of nitro groups is 1. The number of carbonyl (C=O) groups excluding carboxylic acids is 1. The second-order valence-corrected chi connectivity index (χ2v) is 4.93. The van der Waals surface area contributed by atoms with Crippen LogP contribution in [-0.2, 0) is 0 Å². The molecule has 0 spiro atoms. The smallest absolute Gasteiger partial charge is 0.319 e. The molecule has 2 amide bonds. The van der Waals surface area contributed by atoms with E-state index in [-0.39, 0.29) is 22.4 Å². The van der Waals surface area contributed by atoms with Gasteiger partial charge in [0.15, 0.2) is 0 Å². The topological polar surface area (TPSA) is 84.3 Å². The summed E-state index contributed by atoms with van der Waals surface area (Å²) in [5, 5.41) is 16.4. The summed E-state index contributed by atoms with van der Waals surface area (Å²) in [4.78, 5) is 22.1. The highest BCUT2D eigenvalue weighted by Gasteiger charge is 2.20. The molecule has 1 aromatic rings. The predicted octanol–water partition coefficient (Wildman–Crippen LogP) is 3.31. The number of nitro benzene ring substituents is 1. The summed E-state index contributed by atoms with van der Waals surface area (Å²) in [7, 11) is 0. The van der Waals surface area contributed by atoms with E-state index >= 15 is 0 Å². The molecule has 0 atom stereocenters. The van der Waals surface area contributed by atoms with Crippen LogP contribution in [0, 0.1) is 10.1 Å². The van der Waals surface area contributed by atoms with Gasteiger partial charge in [-0.15, -0.1) is 0 Å². The fourth-order valence-electron chi connectivity index (χ4n) is 2.18. The van der Waals surface area contributed by atoms with Gasteiger partial charge in [-0.2, -0.15) is 0 Å². The fraction of sp³-hybridized carbons (Fsp3) is 0.417. The van der Waals surface area contributed by atoms with Crippen LogP contribution < -0.4 is 10.6 Å². The van der Waals surface area contributed by atoms with Gasteiger partial charge < -0.3 is 10.6 Å². The Morgan fingerprint density at radius 2 is 2.05 bits per heavy atom. The van der Waals surface area contributed by atoms with Crippen molar-refractivity contribution in [2.24, 2.45) is 0 Å². The molecule has 2 rings (SSSR count). The van der Waals surface area contributed by atoms with Crippen LogP contribution in [0.1, 0.15) is 25.7 Å². The maximum Gasteiger partial charge on any atom is 0.319 e. The second-order valence-electron chi connectivity index (χ2n) is 4.50. The highest BCUT2D eigenvalue weighted by atomic mass is 35.5. The first-order chi connectivity index (χ1) is 9.06. The number of nitrogens with one attached hydrogen (secondary N) is 2. The van der Waals surface area contributed by atoms with Crippen LogP contribution >= 0.6 is 11.6 Å². The number of hydrogen-bond donors (Lipinski definition) is 2. The van der Waals surface area contributed by atoms with E-state index in [0.717, 1.165) is 25.7 Å². The molecule has 1 aliphatic carbocycles. The average molecular weight is 284 g/mol. The Kier molecular flexibility index (Phi) is 4.21. The lowest BCUT2D eigenvalue weighted by atomic mass is 10.2. The molecule has 1 saturated carbocycles. The zero-order chi connectivity index (χ0) is 13.8. The number of halogens is 1. The van der Waals surface area contributed by atoms with Crippen LogP contribution in [0.4, 0.5) is 16.2 Å². The van der Waals surface area contributed by atoms with Crippen molar-refractivity contribution < 1.29 is 9.72 Å². The standard InChI is InChI=1S/C12H14ClN3O3/c13-8-5-6-10(11(7-8)16(18)19)15-12(17)14-9-3-1-2-4-9/h5-7,9H,1-4H2,(H2,14,15,17). The lowest BCUT2D eigenvalue weighted by Gasteiger charge is -2.13. The summed E-state index contributed by atoms with van der Waals surface area (Å²) in [5.41, 5.74) is -0.0704. The molecule has 1 fully saturated rings. The molecule has 0 unspecified atom stereocenters. The molecule has 0 heterocycles. The van der Waals surface area contributed by atoms with Gasteiger partial charge in [-0.3, -0.25) is 10.1 Å². The Hall–Kier alpha value is -1.82. The minimum absolute atomic E-state index is 0.143. The van der Waals surface area contributed by atoms with Crippen LogP contribution in [0.25, 0.3) is 0 Å². The van der Waals surface area contributed by atoms with Gasteiger partial charge in [0.05, 0.1) is 4.92 Å². The van der Waals surface area contributed by atoms with Crippen molar-refractivity contribution in [1.82, 2.24) is 5.32 Å². The van der Waals surface area contributed by atoms with Crippen LogP contribution in [0.3, 0.4) is 0 Å². The molecule has 7 heteroatoms. The van der Waals surface area contributed by atoms with Crippen molar-refractivity contribution in [3.63, 3.8) is 0 Å². The summed E-state index contributed by atoms with van der Waals surface area (Å²) in [5.74, 6) is 0. The Bertz CT molecular complexity index is 501. The van der Waals surface area contributed by atoms with E-state index < -0.39 is 11.0 Å². The minimum Gasteiger partial charge on any atom is -0.335 e. The van der Waals surface area contributed by atoms with E-state index in [4.69, 9.17) is 11.6 Å². The van der Waals surface area contributed by atoms with Gasteiger partial charge in [0.25, 0.3) is 5.69 Å². The number of rotatable bonds is 3. The Morgan fingerprint density at radius 1 is 1.37 bits per heavy atom. The first-order valence-corrected chi connectivity index (χ1v) is 6.45. The number of amides is 2. The van der Waals surface area contributed by atoms with Crippen LogP contribution in [0.15, 0.2) is 18.2 Å². The third-order valence-corrected chi connectivity index (χ3v) is 3.33. The largest absolute Gasteiger partial charge is 0.335 e. The minimum atomic E-state index is -0.572. The van der Waals surface area contributed by atoms with Gasteiger partial charge >= 0.3 is 6.03 Å². The molecular formula is C12H14ClN3O3. The lowest BCUT2D eigenvalue weighted by molar-refractivity contribution is -0.383. The van der Waals surface area contributed by atoms with Crippen molar-refractivity contribution in [2.75, 3.05) is 5.32 Å². The number of urea groups is 1. The lowest BCUT2D eigenvalue weighted by Crippen LogP contribution is -2.36. The van der Waals surface area contributed by atoms with Crippen molar-refractivity contribution >= 4 is 29.0 Å². The number of carbonyl (C=O) groups is 1.